The second-order valence-corrected chi connectivity index (χ2v) is 8.37. The Labute approximate surface area is 59.0 Å². The maximum absolute atomic E-state index is 11.1. The topological polar surface area (TPSA) is 17.1 Å². The molecule has 0 spiro atoms. The minimum Gasteiger partial charge on any atom is -0.312 e. The molecule has 0 rings (SSSR count). The zero-order valence-electron chi connectivity index (χ0n) is 5.35. The second kappa shape index (κ2) is 3.68. The molecule has 0 fully saturated rings. The fraction of sp³-hybridized carbons (Fsp3) is 1.00. The van der Waals surface area contributed by atoms with Crippen LogP contribution in [0.15, 0.2) is 0 Å². The number of hydrogen-bond donors (Lipinski definition) is 0. The van der Waals surface area contributed by atoms with Crippen molar-refractivity contribution in [3.63, 3.8) is 0 Å². The molecule has 1 atom stereocenters. The Balaban J connectivity index is 3.55. The summed E-state index contributed by atoms with van der Waals surface area (Å²) in [6.07, 6.45) is 2.63. The van der Waals surface area contributed by atoms with Crippen LogP contribution < -0.4 is 0 Å². The lowest BCUT2D eigenvalue weighted by atomic mass is 10.6. The molecule has 1 nitrogen and oxygen atoms in total. The number of halogens is 1. The molecule has 0 N–H and O–H groups in total. The van der Waals surface area contributed by atoms with Crippen LogP contribution in [0.2, 0.25) is 0 Å². The van der Waals surface area contributed by atoms with Crippen LogP contribution in [-0.2, 0) is 4.57 Å². The molecule has 3 heteroatoms. The van der Waals surface area contributed by atoms with E-state index in [4.69, 9.17) is 0 Å². The van der Waals surface area contributed by atoms with Crippen LogP contribution in [0.5, 0.6) is 0 Å². The molecule has 0 aliphatic heterocycles. The van der Waals surface area contributed by atoms with Crippen molar-refractivity contribution in [3.8, 4) is 0 Å². The molecule has 0 heterocycles. The Morgan fingerprint density at radius 2 is 2.00 bits per heavy atom. The lowest BCUT2D eigenvalue weighted by Crippen LogP contribution is -1.81. The Bertz CT molecular complexity index is 103. The van der Waals surface area contributed by atoms with E-state index in [9.17, 15) is 4.57 Å². The largest absolute Gasteiger partial charge is 0.312 e. The summed E-state index contributed by atoms with van der Waals surface area (Å²) in [4.78, 5) is 0. The van der Waals surface area contributed by atoms with Crippen LogP contribution >= 0.6 is 21.3 Å². The SMILES string of the molecule is CCCP(=O)(Br)CC. The smallest absolute Gasteiger partial charge is 0.147 e. The first-order valence-electron chi connectivity index (χ1n) is 2.90. The molecular formula is C5H12BrOP. The molecule has 50 valence electrons. The van der Waals surface area contributed by atoms with Crippen molar-refractivity contribution in [3.05, 3.63) is 0 Å². The molecule has 0 radical (unpaired) electrons. The van der Waals surface area contributed by atoms with Crippen molar-refractivity contribution in [2.24, 2.45) is 0 Å². The van der Waals surface area contributed by atoms with Crippen LogP contribution in [0.4, 0.5) is 0 Å². The van der Waals surface area contributed by atoms with Crippen LogP contribution in [0.25, 0.3) is 0 Å². The molecule has 1 unspecified atom stereocenters. The van der Waals surface area contributed by atoms with Gasteiger partial charge in [0.25, 0.3) is 0 Å². The average Bonchev–Trinajstić information content (AvgIpc) is 1.67. The van der Waals surface area contributed by atoms with Crippen molar-refractivity contribution in [1.82, 2.24) is 0 Å². The van der Waals surface area contributed by atoms with E-state index in [1.807, 2.05) is 13.8 Å². The Morgan fingerprint density at radius 1 is 1.50 bits per heavy atom. The molecule has 0 amide bonds. The van der Waals surface area contributed by atoms with Crippen LogP contribution in [0.1, 0.15) is 20.3 Å². The first-order valence-corrected chi connectivity index (χ1v) is 6.99. The molecule has 0 aromatic heterocycles. The zero-order chi connectivity index (χ0) is 6.62. The van der Waals surface area contributed by atoms with E-state index in [2.05, 4.69) is 15.5 Å². The molecule has 8 heavy (non-hydrogen) atoms. The summed E-state index contributed by atoms with van der Waals surface area (Å²) in [6.45, 7) is 3.99. The van der Waals surface area contributed by atoms with Gasteiger partial charge in [-0.2, -0.15) is 0 Å². The van der Waals surface area contributed by atoms with Gasteiger partial charge < -0.3 is 4.57 Å². The van der Waals surface area contributed by atoms with Crippen LogP contribution in [-0.4, -0.2) is 12.3 Å². The minimum atomic E-state index is -1.86. The number of rotatable bonds is 3. The maximum atomic E-state index is 11.1. The first-order chi connectivity index (χ1) is 3.62. The van der Waals surface area contributed by atoms with Gasteiger partial charge in [-0.3, -0.25) is 0 Å². The summed E-state index contributed by atoms with van der Waals surface area (Å²) in [5.74, 6) is -1.86. The van der Waals surface area contributed by atoms with Gasteiger partial charge in [-0.05, 0) is 21.9 Å². The predicted octanol–water partition coefficient (Wildman–Crippen LogP) is 3.09. The highest BCUT2D eigenvalue weighted by atomic mass is 79.9. The van der Waals surface area contributed by atoms with E-state index in [1.165, 1.54) is 0 Å². The monoisotopic (exact) mass is 198 g/mol. The van der Waals surface area contributed by atoms with E-state index < -0.39 is 5.84 Å². The van der Waals surface area contributed by atoms with Crippen LogP contribution in [0.3, 0.4) is 0 Å². The van der Waals surface area contributed by atoms with Crippen molar-refractivity contribution >= 4 is 21.3 Å². The maximum Gasteiger partial charge on any atom is 0.147 e. The summed E-state index contributed by atoms with van der Waals surface area (Å²) in [7, 11) is 0. The predicted molar refractivity (Wildman–Crippen MR) is 42.2 cm³/mol. The highest BCUT2D eigenvalue weighted by Crippen LogP contribution is 2.53. The van der Waals surface area contributed by atoms with E-state index >= 15 is 0 Å². The zero-order valence-corrected chi connectivity index (χ0v) is 7.84. The molecular weight excluding hydrogens is 187 g/mol. The molecule has 0 aromatic rings. The summed E-state index contributed by atoms with van der Waals surface area (Å²) < 4.78 is 11.1. The van der Waals surface area contributed by atoms with Gasteiger partial charge in [0, 0.05) is 12.3 Å². The second-order valence-electron chi connectivity index (χ2n) is 1.83. The molecule has 0 saturated carbocycles. The van der Waals surface area contributed by atoms with Gasteiger partial charge in [-0.1, -0.05) is 13.8 Å². The van der Waals surface area contributed by atoms with E-state index in [0.717, 1.165) is 18.7 Å². The average molecular weight is 199 g/mol. The van der Waals surface area contributed by atoms with E-state index in [1.54, 1.807) is 0 Å². The molecule has 0 aromatic carbocycles. The Hall–Kier alpha value is 0.710. The fourth-order valence-corrected chi connectivity index (χ4v) is 2.54. The summed E-state index contributed by atoms with van der Waals surface area (Å²) >= 11 is 3.20. The lowest BCUT2D eigenvalue weighted by Gasteiger charge is -2.03. The van der Waals surface area contributed by atoms with Crippen LogP contribution in [0, 0.1) is 0 Å². The standard InChI is InChI=1S/C5H12BrOP/c1-3-5-8(6,7)4-2/h3-5H2,1-2H3. The third-order valence-electron chi connectivity index (χ3n) is 1.03. The van der Waals surface area contributed by atoms with Crippen molar-refractivity contribution in [2.45, 2.75) is 20.3 Å². The van der Waals surface area contributed by atoms with Gasteiger partial charge in [-0.25, -0.2) is 0 Å². The number of hydrogen-bond acceptors (Lipinski definition) is 1. The highest BCUT2D eigenvalue weighted by Gasteiger charge is 2.11. The quantitative estimate of drug-likeness (QED) is 0.638. The normalized spacial score (nSPS) is 17.9. The Morgan fingerprint density at radius 3 is 2.12 bits per heavy atom. The Kier molecular flexibility index (Phi) is 4.01. The summed E-state index contributed by atoms with van der Waals surface area (Å²) in [6, 6.07) is 0. The van der Waals surface area contributed by atoms with Crippen molar-refractivity contribution in [1.29, 1.82) is 0 Å². The molecule has 0 aliphatic carbocycles. The van der Waals surface area contributed by atoms with E-state index in [0.29, 0.717) is 0 Å². The fourth-order valence-electron chi connectivity index (χ4n) is 0.492. The molecule has 0 bridgehead atoms. The van der Waals surface area contributed by atoms with Gasteiger partial charge in [0.15, 0.2) is 0 Å². The molecule has 0 saturated heterocycles. The summed E-state index contributed by atoms with van der Waals surface area (Å²) in [5, 5.41) is 0. The first kappa shape index (κ1) is 8.71. The van der Waals surface area contributed by atoms with Crippen molar-refractivity contribution < 1.29 is 4.57 Å². The van der Waals surface area contributed by atoms with Gasteiger partial charge in [0.05, 0.1) is 0 Å². The van der Waals surface area contributed by atoms with Crippen molar-refractivity contribution in [2.75, 3.05) is 12.3 Å². The third kappa shape index (κ3) is 3.68. The lowest BCUT2D eigenvalue weighted by molar-refractivity contribution is 0.585. The van der Waals surface area contributed by atoms with E-state index in [-0.39, 0.29) is 0 Å². The van der Waals surface area contributed by atoms with Gasteiger partial charge >= 0.3 is 0 Å². The van der Waals surface area contributed by atoms with Gasteiger partial charge in [0.2, 0.25) is 0 Å². The van der Waals surface area contributed by atoms with Gasteiger partial charge in [-0.15, -0.1) is 0 Å². The highest BCUT2D eigenvalue weighted by molar-refractivity contribution is 9.40. The summed E-state index contributed by atoms with van der Waals surface area (Å²) in [5.41, 5.74) is 0. The van der Waals surface area contributed by atoms with Gasteiger partial charge in [0.1, 0.15) is 5.84 Å². The third-order valence-corrected chi connectivity index (χ3v) is 5.66. The molecule has 0 aliphatic rings. The minimum absolute atomic E-state index is 0.779.